The molecule has 0 heterocycles. The Balaban J connectivity index is 2.28. The van der Waals surface area contributed by atoms with Crippen LogP contribution in [0.3, 0.4) is 0 Å². The Kier molecular flexibility index (Phi) is 8.15. The predicted octanol–water partition coefficient (Wildman–Crippen LogP) is 4.10. The lowest BCUT2D eigenvalue weighted by molar-refractivity contribution is -0.140. The van der Waals surface area contributed by atoms with E-state index < -0.39 is 6.04 Å². The number of hydrogen-bond acceptors (Lipinski definition) is 3. The van der Waals surface area contributed by atoms with E-state index in [1.807, 2.05) is 19.1 Å². The monoisotopic (exact) mass is 422 g/mol. The number of hydrogen-bond donors (Lipinski definition) is 1. The fourth-order valence-electron chi connectivity index (χ4n) is 2.78. The molecule has 0 aliphatic carbocycles. The molecule has 0 aliphatic heterocycles. The standard InChI is InChI=1S/C21H24Cl2N2O3/c1-4-24-21(27)14(2)25(13-17-18(22)6-5-7-19(17)23)20(26)12-15-8-10-16(28-3)11-9-15/h5-11,14H,4,12-13H2,1-3H3,(H,24,27). The van der Waals surface area contributed by atoms with Crippen molar-refractivity contribution in [3.05, 3.63) is 63.6 Å². The molecule has 1 N–H and O–H groups in total. The molecule has 0 fully saturated rings. The van der Waals surface area contributed by atoms with Crippen LogP contribution >= 0.6 is 23.2 Å². The Morgan fingerprint density at radius 2 is 1.71 bits per heavy atom. The van der Waals surface area contributed by atoms with Gasteiger partial charge in [-0.25, -0.2) is 0 Å². The van der Waals surface area contributed by atoms with E-state index in [2.05, 4.69) is 5.32 Å². The second-order valence-corrected chi connectivity index (χ2v) is 7.13. The summed E-state index contributed by atoms with van der Waals surface area (Å²) >= 11 is 12.6. The van der Waals surface area contributed by atoms with Gasteiger partial charge in [-0.2, -0.15) is 0 Å². The molecule has 5 nitrogen and oxygen atoms in total. The molecule has 0 saturated carbocycles. The van der Waals surface area contributed by atoms with E-state index >= 15 is 0 Å². The lowest BCUT2D eigenvalue weighted by Crippen LogP contribution is -2.48. The highest BCUT2D eigenvalue weighted by molar-refractivity contribution is 6.36. The Labute approximate surface area is 175 Å². The second-order valence-electron chi connectivity index (χ2n) is 6.32. The van der Waals surface area contributed by atoms with Crippen LogP contribution in [0.5, 0.6) is 5.75 Å². The number of nitrogens with one attached hydrogen (secondary N) is 1. The molecule has 0 spiro atoms. The van der Waals surface area contributed by atoms with Gasteiger partial charge >= 0.3 is 0 Å². The molecule has 0 aromatic heterocycles. The molecule has 7 heteroatoms. The van der Waals surface area contributed by atoms with Crippen molar-refractivity contribution in [3.63, 3.8) is 0 Å². The van der Waals surface area contributed by atoms with Gasteiger partial charge in [-0.05, 0) is 43.7 Å². The van der Waals surface area contributed by atoms with E-state index in [4.69, 9.17) is 27.9 Å². The molecule has 2 amide bonds. The highest BCUT2D eigenvalue weighted by atomic mass is 35.5. The molecule has 150 valence electrons. The normalized spacial score (nSPS) is 11.6. The summed E-state index contributed by atoms with van der Waals surface area (Å²) < 4.78 is 5.15. The zero-order valence-electron chi connectivity index (χ0n) is 16.2. The lowest BCUT2D eigenvalue weighted by Gasteiger charge is -2.29. The average molecular weight is 423 g/mol. The number of ether oxygens (including phenoxy) is 1. The third-order valence-electron chi connectivity index (χ3n) is 4.42. The molecule has 1 unspecified atom stereocenters. The summed E-state index contributed by atoms with van der Waals surface area (Å²) in [5.74, 6) is 0.292. The van der Waals surface area contributed by atoms with E-state index in [0.29, 0.717) is 27.9 Å². The van der Waals surface area contributed by atoms with Gasteiger partial charge in [0.2, 0.25) is 11.8 Å². The fourth-order valence-corrected chi connectivity index (χ4v) is 3.29. The molecule has 2 aromatic carbocycles. The van der Waals surface area contributed by atoms with Gasteiger partial charge < -0.3 is 15.0 Å². The molecule has 0 radical (unpaired) electrons. The van der Waals surface area contributed by atoms with E-state index in [1.54, 1.807) is 44.4 Å². The number of amides is 2. The first-order chi connectivity index (χ1) is 13.4. The third-order valence-corrected chi connectivity index (χ3v) is 5.13. The summed E-state index contributed by atoms with van der Waals surface area (Å²) in [5.41, 5.74) is 1.44. The second kappa shape index (κ2) is 10.3. The maximum atomic E-state index is 13.1. The molecule has 2 rings (SSSR count). The van der Waals surface area contributed by atoms with Gasteiger partial charge in [-0.15, -0.1) is 0 Å². The topological polar surface area (TPSA) is 58.6 Å². The van der Waals surface area contributed by atoms with Crippen molar-refractivity contribution in [2.24, 2.45) is 0 Å². The molecule has 1 atom stereocenters. The minimum absolute atomic E-state index is 0.145. The smallest absolute Gasteiger partial charge is 0.242 e. The van der Waals surface area contributed by atoms with Gasteiger partial charge in [-0.1, -0.05) is 41.4 Å². The number of methoxy groups -OCH3 is 1. The van der Waals surface area contributed by atoms with Crippen LogP contribution in [-0.4, -0.2) is 36.4 Å². The van der Waals surface area contributed by atoms with E-state index in [9.17, 15) is 9.59 Å². The van der Waals surface area contributed by atoms with Gasteiger partial charge in [0.1, 0.15) is 11.8 Å². The maximum absolute atomic E-state index is 13.1. The SMILES string of the molecule is CCNC(=O)C(C)N(Cc1c(Cl)cccc1Cl)C(=O)Cc1ccc(OC)cc1. The average Bonchev–Trinajstić information content (AvgIpc) is 2.68. The molecule has 0 bridgehead atoms. The maximum Gasteiger partial charge on any atom is 0.242 e. The van der Waals surface area contributed by atoms with E-state index in [1.165, 1.54) is 4.90 Å². The van der Waals surface area contributed by atoms with Crippen molar-refractivity contribution < 1.29 is 14.3 Å². The Morgan fingerprint density at radius 3 is 2.25 bits per heavy atom. The van der Waals surface area contributed by atoms with Crippen LogP contribution in [0.4, 0.5) is 0 Å². The number of rotatable bonds is 8. The van der Waals surface area contributed by atoms with Crippen molar-refractivity contribution in [2.45, 2.75) is 32.9 Å². The van der Waals surface area contributed by atoms with Crippen molar-refractivity contribution in [1.29, 1.82) is 0 Å². The summed E-state index contributed by atoms with van der Waals surface area (Å²) in [6.07, 6.45) is 0.149. The van der Waals surface area contributed by atoms with Crippen molar-refractivity contribution in [3.8, 4) is 5.75 Å². The first kappa shape index (κ1) is 22.1. The quantitative estimate of drug-likeness (QED) is 0.696. The van der Waals surface area contributed by atoms with Crippen LogP contribution in [0.1, 0.15) is 25.0 Å². The molecular formula is C21H24Cl2N2O3. The molecule has 0 saturated heterocycles. The van der Waals surface area contributed by atoms with Crippen LogP contribution in [0.15, 0.2) is 42.5 Å². The zero-order chi connectivity index (χ0) is 20.7. The summed E-state index contributed by atoms with van der Waals surface area (Å²) in [7, 11) is 1.59. The zero-order valence-corrected chi connectivity index (χ0v) is 17.7. The number of halogens is 2. The highest BCUT2D eigenvalue weighted by Gasteiger charge is 2.27. The molecular weight excluding hydrogens is 399 g/mol. The summed E-state index contributed by atoms with van der Waals surface area (Å²) in [6.45, 7) is 4.16. The van der Waals surface area contributed by atoms with Crippen LogP contribution in [-0.2, 0) is 22.6 Å². The highest BCUT2D eigenvalue weighted by Crippen LogP contribution is 2.27. The number of carbonyl (C=O) groups excluding carboxylic acids is 2. The van der Waals surface area contributed by atoms with Gasteiger partial charge in [-0.3, -0.25) is 9.59 Å². The van der Waals surface area contributed by atoms with Crippen molar-refractivity contribution in [1.82, 2.24) is 10.2 Å². The van der Waals surface area contributed by atoms with Crippen LogP contribution in [0.25, 0.3) is 0 Å². The Bertz CT molecular complexity index is 805. The first-order valence-corrected chi connectivity index (χ1v) is 9.76. The predicted molar refractivity (Wildman–Crippen MR) is 112 cm³/mol. The number of benzene rings is 2. The molecule has 2 aromatic rings. The number of carbonyl (C=O) groups is 2. The van der Waals surface area contributed by atoms with Gasteiger partial charge in [0, 0.05) is 28.7 Å². The van der Waals surface area contributed by atoms with E-state index in [-0.39, 0.29) is 24.8 Å². The minimum atomic E-state index is -0.668. The van der Waals surface area contributed by atoms with Crippen LogP contribution < -0.4 is 10.1 Å². The fraction of sp³-hybridized carbons (Fsp3) is 0.333. The Hall–Kier alpha value is -2.24. The van der Waals surface area contributed by atoms with Gasteiger partial charge in [0.05, 0.1) is 13.5 Å². The Morgan fingerprint density at radius 1 is 1.11 bits per heavy atom. The van der Waals surface area contributed by atoms with Crippen LogP contribution in [0.2, 0.25) is 10.0 Å². The third kappa shape index (κ3) is 5.63. The van der Waals surface area contributed by atoms with Crippen molar-refractivity contribution >= 4 is 35.0 Å². The van der Waals surface area contributed by atoms with Crippen LogP contribution in [0, 0.1) is 0 Å². The van der Waals surface area contributed by atoms with Crippen molar-refractivity contribution in [2.75, 3.05) is 13.7 Å². The summed E-state index contributed by atoms with van der Waals surface area (Å²) in [4.78, 5) is 27.0. The van der Waals surface area contributed by atoms with E-state index in [0.717, 1.165) is 5.56 Å². The summed E-state index contributed by atoms with van der Waals surface area (Å²) in [5, 5.41) is 3.67. The number of likely N-dealkylation sites (N-methyl/N-ethyl adjacent to an activating group) is 1. The summed E-state index contributed by atoms with van der Waals surface area (Å²) in [6, 6.07) is 11.7. The lowest BCUT2D eigenvalue weighted by atomic mass is 10.1. The molecule has 28 heavy (non-hydrogen) atoms. The molecule has 0 aliphatic rings. The minimum Gasteiger partial charge on any atom is -0.497 e. The largest absolute Gasteiger partial charge is 0.497 e. The van der Waals surface area contributed by atoms with Gasteiger partial charge in [0.25, 0.3) is 0 Å². The van der Waals surface area contributed by atoms with Gasteiger partial charge in [0.15, 0.2) is 0 Å². The number of nitrogens with zero attached hydrogens (tertiary/aromatic N) is 1. The first-order valence-electron chi connectivity index (χ1n) is 9.00.